The molecular weight excluding hydrogens is 388 g/mol. The number of terminal acetylenes is 1. The highest BCUT2D eigenvalue weighted by Gasteiger charge is 2.14. The van der Waals surface area contributed by atoms with Crippen molar-refractivity contribution in [1.29, 1.82) is 0 Å². The molecule has 0 atom stereocenters. The lowest BCUT2D eigenvalue weighted by molar-refractivity contribution is 0.0947. The highest BCUT2D eigenvalue weighted by Crippen LogP contribution is 2.24. The third-order valence-corrected chi connectivity index (χ3v) is 5.60. The molecule has 0 spiro atoms. The maximum atomic E-state index is 12.2. The van der Waals surface area contributed by atoms with Crippen molar-refractivity contribution in [3.8, 4) is 18.1 Å². The number of fused-ring (bicyclic) bond motifs is 1. The molecule has 3 aromatic rings. The Morgan fingerprint density at radius 2 is 1.72 bits per heavy atom. The van der Waals surface area contributed by atoms with Gasteiger partial charge < -0.3 is 10.1 Å². The zero-order valence-corrected chi connectivity index (χ0v) is 16.4. The predicted molar refractivity (Wildman–Crippen MR) is 112 cm³/mol. The molecule has 0 bridgehead atoms. The van der Waals surface area contributed by atoms with Crippen LogP contribution in [0.15, 0.2) is 71.6 Å². The number of nitrogens with one attached hydrogen (secondary N) is 2. The van der Waals surface area contributed by atoms with E-state index in [2.05, 4.69) is 16.0 Å². The second-order valence-electron chi connectivity index (χ2n) is 6.13. The molecule has 0 aromatic heterocycles. The first-order chi connectivity index (χ1) is 14.0. The Morgan fingerprint density at radius 1 is 1.00 bits per heavy atom. The summed E-state index contributed by atoms with van der Waals surface area (Å²) in [5.41, 5.74) is 0.353. The van der Waals surface area contributed by atoms with E-state index in [1.807, 2.05) is 42.5 Å². The van der Waals surface area contributed by atoms with E-state index in [4.69, 9.17) is 11.2 Å². The third-order valence-electron chi connectivity index (χ3n) is 4.19. The quantitative estimate of drug-likeness (QED) is 0.443. The number of benzene rings is 3. The minimum absolute atomic E-state index is 0.0450. The third kappa shape index (κ3) is 5.13. The standard InChI is InChI=1S/C22H20N2O4S/c1-2-14-24-29(26,27)19-12-10-18(11-13-19)22(25)23-15-16-28-21-9-5-7-17-6-3-4-8-20(17)21/h1,3-13,24H,14-16H2,(H,23,25). The van der Waals surface area contributed by atoms with Gasteiger partial charge >= 0.3 is 0 Å². The summed E-state index contributed by atoms with van der Waals surface area (Å²) < 4.78 is 32.0. The van der Waals surface area contributed by atoms with Gasteiger partial charge in [0.1, 0.15) is 12.4 Å². The van der Waals surface area contributed by atoms with E-state index in [9.17, 15) is 13.2 Å². The van der Waals surface area contributed by atoms with Gasteiger partial charge in [0.05, 0.1) is 18.0 Å². The van der Waals surface area contributed by atoms with Gasteiger partial charge in [0, 0.05) is 10.9 Å². The van der Waals surface area contributed by atoms with Gasteiger partial charge in [-0.3, -0.25) is 4.79 Å². The Hall–Kier alpha value is -3.34. The number of carbonyl (C=O) groups excluding carboxylic acids is 1. The molecule has 2 N–H and O–H groups in total. The molecule has 0 aliphatic carbocycles. The minimum Gasteiger partial charge on any atom is -0.491 e. The average molecular weight is 408 g/mol. The summed E-state index contributed by atoms with van der Waals surface area (Å²) >= 11 is 0. The Kier molecular flexibility index (Phi) is 6.50. The van der Waals surface area contributed by atoms with Crippen molar-refractivity contribution in [2.24, 2.45) is 0 Å². The summed E-state index contributed by atoms with van der Waals surface area (Å²) in [4.78, 5) is 12.3. The fraction of sp³-hybridized carbons (Fsp3) is 0.136. The SMILES string of the molecule is C#CCNS(=O)(=O)c1ccc(C(=O)NCCOc2cccc3ccccc23)cc1. The molecule has 6 nitrogen and oxygen atoms in total. The molecule has 0 saturated heterocycles. The fourth-order valence-electron chi connectivity index (χ4n) is 2.75. The van der Waals surface area contributed by atoms with Crippen LogP contribution in [0, 0.1) is 12.3 Å². The number of hydrogen-bond donors (Lipinski definition) is 2. The summed E-state index contributed by atoms with van der Waals surface area (Å²) in [5.74, 6) is 2.65. The zero-order chi connectivity index (χ0) is 20.7. The van der Waals surface area contributed by atoms with Gasteiger partial charge in [-0.15, -0.1) is 6.42 Å². The van der Waals surface area contributed by atoms with Gasteiger partial charge in [0.25, 0.3) is 5.91 Å². The molecule has 148 valence electrons. The molecule has 1 amide bonds. The summed E-state index contributed by atoms with van der Waals surface area (Å²) in [6.07, 6.45) is 5.06. The Morgan fingerprint density at radius 3 is 2.48 bits per heavy atom. The van der Waals surface area contributed by atoms with Crippen molar-refractivity contribution < 1.29 is 17.9 Å². The summed E-state index contributed by atoms with van der Waals surface area (Å²) in [5, 5.41) is 4.85. The highest BCUT2D eigenvalue weighted by atomic mass is 32.2. The Balaban J connectivity index is 1.54. The van der Waals surface area contributed by atoms with Crippen LogP contribution >= 0.6 is 0 Å². The van der Waals surface area contributed by atoms with E-state index in [0.717, 1.165) is 16.5 Å². The van der Waals surface area contributed by atoms with Crippen molar-refractivity contribution in [3.05, 3.63) is 72.3 Å². The number of amides is 1. The molecular formula is C22H20N2O4S. The zero-order valence-electron chi connectivity index (χ0n) is 15.6. The molecule has 0 heterocycles. The highest BCUT2D eigenvalue weighted by molar-refractivity contribution is 7.89. The number of ether oxygens (including phenoxy) is 1. The summed E-state index contributed by atoms with van der Waals surface area (Å²) in [6, 6.07) is 19.3. The van der Waals surface area contributed by atoms with E-state index >= 15 is 0 Å². The van der Waals surface area contributed by atoms with Gasteiger partial charge in [-0.25, -0.2) is 8.42 Å². The smallest absolute Gasteiger partial charge is 0.251 e. The second-order valence-corrected chi connectivity index (χ2v) is 7.90. The lowest BCUT2D eigenvalue weighted by Gasteiger charge is -2.10. The maximum absolute atomic E-state index is 12.2. The number of rotatable bonds is 8. The van der Waals surface area contributed by atoms with Crippen molar-refractivity contribution in [1.82, 2.24) is 10.0 Å². The van der Waals surface area contributed by atoms with Crippen LogP contribution in [0.1, 0.15) is 10.4 Å². The fourth-order valence-corrected chi connectivity index (χ4v) is 3.69. The number of sulfonamides is 1. The molecule has 0 saturated carbocycles. The van der Waals surface area contributed by atoms with Gasteiger partial charge in [-0.2, -0.15) is 4.72 Å². The van der Waals surface area contributed by atoms with Gasteiger partial charge in [-0.1, -0.05) is 42.3 Å². The largest absolute Gasteiger partial charge is 0.491 e. The molecule has 3 rings (SSSR count). The summed E-state index contributed by atoms with van der Waals surface area (Å²) in [6.45, 7) is 0.523. The molecule has 29 heavy (non-hydrogen) atoms. The van der Waals surface area contributed by atoms with Crippen LogP contribution < -0.4 is 14.8 Å². The van der Waals surface area contributed by atoms with Crippen LogP contribution in [0.5, 0.6) is 5.75 Å². The first-order valence-corrected chi connectivity index (χ1v) is 10.4. The van der Waals surface area contributed by atoms with Crippen LogP contribution in [0.25, 0.3) is 10.8 Å². The van der Waals surface area contributed by atoms with Crippen LogP contribution in [-0.4, -0.2) is 34.0 Å². The molecule has 0 aliphatic rings. The maximum Gasteiger partial charge on any atom is 0.251 e. The predicted octanol–water partition coefficient (Wildman–Crippen LogP) is 2.56. The molecule has 3 aromatic carbocycles. The monoisotopic (exact) mass is 408 g/mol. The van der Waals surface area contributed by atoms with Crippen molar-refractivity contribution in [2.75, 3.05) is 19.7 Å². The Bertz CT molecular complexity index is 1140. The normalized spacial score (nSPS) is 11.0. The van der Waals surface area contributed by atoms with Gasteiger partial charge in [0.2, 0.25) is 10.0 Å². The second kappa shape index (κ2) is 9.24. The lowest BCUT2D eigenvalue weighted by Crippen LogP contribution is -2.28. The van der Waals surface area contributed by atoms with Crippen LogP contribution in [0.2, 0.25) is 0 Å². The van der Waals surface area contributed by atoms with E-state index < -0.39 is 10.0 Å². The number of carbonyl (C=O) groups is 1. The topological polar surface area (TPSA) is 84.5 Å². The van der Waals surface area contributed by atoms with E-state index in [1.165, 1.54) is 24.3 Å². The van der Waals surface area contributed by atoms with Crippen LogP contribution in [-0.2, 0) is 10.0 Å². The summed E-state index contributed by atoms with van der Waals surface area (Å²) in [7, 11) is -3.68. The van der Waals surface area contributed by atoms with E-state index in [-0.39, 0.29) is 17.3 Å². The van der Waals surface area contributed by atoms with E-state index in [1.54, 1.807) is 0 Å². The van der Waals surface area contributed by atoms with Gasteiger partial charge in [0.15, 0.2) is 0 Å². The van der Waals surface area contributed by atoms with E-state index in [0.29, 0.717) is 18.7 Å². The molecule has 7 heteroatoms. The van der Waals surface area contributed by atoms with Crippen LogP contribution in [0.4, 0.5) is 0 Å². The first kappa shape index (κ1) is 20.4. The Labute approximate surface area is 169 Å². The molecule has 0 radical (unpaired) electrons. The van der Waals surface area contributed by atoms with Gasteiger partial charge in [-0.05, 0) is 35.7 Å². The number of hydrogen-bond acceptors (Lipinski definition) is 4. The molecule has 0 unspecified atom stereocenters. The average Bonchev–Trinajstić information content (AvgIpc) is 2.75. The van der Waals surface area contributed by atoms with Crippen molar-refractivity contribution in [2.45, 2.75) is 4.90 Å². The molecule has 0 fully saturated rings. The van der Waals surface area contributed by atoms with Crippen molar-refractivity contribution in [3.63, 3.8) is 0 Å². The lowest BCUT2D eigenvalue weighted by atomic mass is 10.1. The minimum atomic E-state index is -3.68. The molecule has 0 aliphatic heterocycles. The van der Waals surface area contributed by atoms with Crippen LogP contribution in [0.3, 0.4) is 0 Å². The first-order valence-electron chi connectivity index (χ1n) is 8.93. The van der Waals surface area contributed by atoms with Crippen molar-refractivity contribution >= 4 is 26.7 Å².